The number of ether oxygens (including phenoxy) is 2. The second-order valence-corrected chi connectivity index (χ2v) is 7.71. The zero-order chi connectivity index (χ0) is 18.6. The van der Waals surface area contributed by atoms with Crippen LogP contribution in [0.2, 0.25) is 0 Å². The highest BCUT2D eigenvalue weighted by atomic mass is 16.6. The lowest BCUT2D eigenvalue weighted by atomic mass is 9.96. The number of benzene rings is 1. The average molecular weight is 345 g/mol. The molecule has 0 spiro atoms. The fourth-order valence-electron chi connectivity index (χ4n) is 3.57. The van der Waals surface area contributed by atoms with E-state index in [1.807, 2.05) is 62.1 Å². The topological polar surface area (TPSA) is 38.8 Å². The van der Waals surface area contributed by atoms with E-state index >= 15 is 0 Å². The monoisotopic (exact) mass is 345 g/mol. The maximum atomic E-state index is 12.8. The largest absolute Gasteiger partial charge is 0.444 e. The smallest absolute Gasteiger partial charge is 0.411 e. The number of amides is 1. The zero-order valence-electron chi connectivity index (χ0n) is 16.1. The van der Waals surface area contributed by atoms with E-state index in [0.29, 0.717) is 6.61 Å². The lowest BCUT2D eigenvalue weighted by Gasteiger charge is -2.32. The molecule has 1 amide bonds. The molecule has 1 heterocycles. The molecule has 1 fully saturated rings. The van der Waals surface area contributed by atoms with Crippen molar-refractivity contribution in [3.63, 3.8) is 0 Å². The number of rotatable bonds is 5. The first kappa shape index (κ1) is 19.5. The highest BCUT2D eigenvalue weighted by Crippen LogP contribution is 2.36. The Hall–Kier alpha value is -1.81. The summed E-state index contributed by atoms with van der Waals surface area (Å²) < 4.78 is 11.9. The van der Waals surface area contributed by atoms with E-state index in [1.165, 1.54) is 0 Å². The van der Waals surface area contributed by atoms with Crippen molar-refractivity contribution in [2.45, 2.75) is 71.4 Å². The van der Waals surface area contributed by atoms with Gasteiger partial charge in [-0.1, -0.05) is 50.3 Å². The van der Waals surface area contributed by atoms with Crippen molar-refractivity contribution in [2.24, 2.45) is 5.92 Å². The van der Waals surface area contributed by atoms with Crippen molar-refractivity contribution in [3.8, 4) is 0 Å². The van der Waals surface area contributed by atoms with Crippen LogP contribution in [-0.2, 0) is 16.1 Å². The summed E-state index contributed by atoms with van der Waals surface area (Å²) in [6.07, 6.45) is 2.29. The van der Waals surface area contributed by atoms with Gasteiger partial charge in [-0.15, -0.1) is 6.58 Å². The summed E-state index contributed by atoms with van der Waals surface area (Å²) in [6, 6.07) is 9.99. The second-order valence-electron chi connectivity index (χ2n) is 7.71. The Balaban J connectivity index is 2.17. The third-order valence-corrected chi connectivity index (χ3v) is 4.69. The molecule has 4 nitrogen and oxygen atoms in total. The molecule has 1 aliphatic rings. The van der Waals surface area contributed by atoms with Crippen molar-refractivity contribution in [1.82, 2.24) is 4.90 Å². The van der Waals surface area contributed by atoms with Gasteiger partial charge in [0.05, 0.1) is 18.8 Å². The summed E-state index contributed by atoms with van der Waals surface area (Å²) in [4.78, 5) is 14.6. The van der Waals surface area contributed by atoms with E-state index in [2.05, 4.69) is 20.4 Å². The van der Waals surface area contributed by atoms with E-state index in [4.69, 9.17) is 9.47 Å². The molecule has 0 saturated carbocycles. The molecule has 0 bridgehead atoms. The molecule has 0 unspecified atom stereocenters. The van der Waals surface area contributed by atoms with E-state index in [1.54, 1.807) is 0 Å². The number of likely N-dealkylation sites (tertiary alicyclic amines) is 1. The highest BCUT2D eigenvalue weighted by Gasteiger charge is 2.48. The fourth-order valence-corrected chi connectivity index (χ4v) is 3.57. The van der Waals surface area contributed by atoms with Crippen LogP contribution in [0.5, 0.6) is 0 Å². The first-order chi connectivity index (χ1) is 11.8. The number of hydrogen-bond acceptors (Lipinski definition) is 3. The quantitative estimate of drug-likeness (QED) is 0.720. The second kappa shape index (κ2) is 8.05. The lowest BCUT2D eigenvalue weighted by molar-refractivity contribution is -0.00189. The van der Waals surface area contributed by atoms with Gasteiger partial charge < -0.3 is 9.47 Å². The number of hydrogen-bond donors (Lipinski definition) is 0. The Morgan fingerprint density at radius 3 is 2.44 bits per heavy atom. The van der Waals surface area contributed by atoms with Crippen LogP contribution in [0.4, 0.5) is 4.79 Å². The van der Waals surface area contributed by atoms with Gasteiger partial charge in [-0.05, 0) is 32.8 Å². The van der Waals surface area contributed by atoms with Crippen LogP contribution in [0.1, 0.15) is 46.6 Å². The molecule has 0 aromatic heterocycles. The Bertz CT molecular complexity index is 579. The lowest BCUT2D eigenvalue weighted by Crippen LogP contribution is -2.45. The van der Waals surface area contributed by atoms with Crippen molar-refractivity contribution in [1.29, 1.82) is 0 Å². The van der Waals surface area contributed by atoms with Gasteiger partial charge in [0.1, 0.15) is 5.60 Å². The zero-order valence-corrected chi connectivity index (χ0v) is 16.1. The van der Waals surface area contributed by atoms with Gasteiger partial charge in [0, 0.05) is 12.0 Å². The molecule has 4 atom stereocenters. The van der Waals surface area contributed by atoms with Crippen LogP contribution < -0.4 is 0 Å². The molecular weight excluding hydrogens is 314 g/mol. The minimum atomic E-state index is -0.521. The number of carbonyl (C=O) groups is 1. The van der Waals surface area contributed by atoms with Gasteiger partial charge in [-0.25, -0.2) is 4.79 Å². The summed E-state index contributed by atoms with van der Waals surface area (Å²) >= 11 is 0. The van der Waals surface area contributed by atoms with Crippen LogP contribution >= 0.6 is 0 Å². The fraction of sp³-hybridized carbons (Fsp3) is 0.571. The minimum absolute atomic E-state index is 0.0821. The molecule has 4 heteroatoms. The van der Waals surface area contributed by atoms with Gasteiger partial charge in [0.2, 0.25) is 0 Å². The normalized spacial score (nSPS) is 26.5. The highest BCUT2D eigenvalue weighted by molar-refractivity contribution is 5.70. The maximum Gasteiger partial charge on any atom is 0.411 e. The van der Waals surface area contributed by atoms with Gasteiger partial charge in [-0.2, -0.15) is 0 Å². The third kappa shape index (κ3) is 4.63. The SMILES string of the molecule is C=C[C@@H]1[C@@H](OCc2ccccc2)[C@H](C)[C@@H](CC)N1C(=O)OC(C)(C)C. The van der Waals surface area contributed by atoms with Crippen LogP contribution in [0.25, 0.3) is 0 Å². The van der Waals surface area contributed by atoms with Crippen molar-refractivity contribution in [3.05, 3.63) is 48.6 Å². The summed E-state index contributed by atoms with van der Waals surface area (Å²) in [7, 11) is 0. The Labute approximate surface area is 151 Å². The Kier molecular flexibility index (Phi) is 6.28. The first-order valence-electron chi connectivity index (χ1n) is 9.08. The van der Waals surface area contributed by atoms with E-state index in [9.17, 15) is 4.79 Å². The van der Waals surface area contributed by atoms with E-state index < -0.39 is 5.60 Å². The van der Waals surface area contributed by atoms with Crippen molar-refractivity contribution < 1.29 is 14.3 Å². The predicted molar refractivity (Wildman–Crippen MR) is 100 cm³/mol. The molecule has 1 saturated heterocycles. The predicted octanol–water partition coefficient (Wildman–Crippen LogP) is 4.79. The van der Waals surface area contributed by atoms with Crippen LogP contribution in [-0.4, -0.2) is 34.8 Å². The molecule has 138 valence electrons. The molecule has 25 heavy (non-hydrogen) atoms. The maximum absolute atomic E-state index is 12.8. The van der Waals surface area contributed by atoms with Gasteiger partial charge in [-0.3, -0.25) is 4.90 Å². The molecule has 1 aliphatic heterocycles. The van der Waals surface area contributed by atoms with Crippen LogP contribution in [0.3, 0.4) is 0 Å². The van der Waals surface area contributed by atoms with Gasteiger partial charge in [0.15, 0.2) is 0 Å². The summed E-state index contributed by atoms with van der Waals surface area (Å²) in [5.74, 6) is 0.212. The molecule has 0 radical (unpaired) electrons. The van der Waals surface area contributed by atoms with Gasteiger partial charge >= 0.3 is 6.09 Å². The average Bonchev–Trinajstić information content (AvgIpc) is 2.83. The van der Waals surface area contributed by atoms with Crippen molar-refractivity contribution in [2.75, 3.05) is 0 Å². The van der Waals surface area contributed by atoms with Crippen molar-refractivity contribution >= 4 is 6.09 Å². The summed E-state index contributed by atoms with van der Waals surface area (Å²) in [5, 5.41) is 0. The van der Waals surface area contributed by atoms with E-state index in [0.717, 1.165) is 12.0 Å². The number of nitrogens with zero attached hydrogens (tertiary/aromatic N) is 1. The van der Waals surface area contributed by atoms with Crippen LogP contribution in [0.15, 0.2) is 43.0 Å². The molecule has 0 N–H and O–H groups in total. The molecule has 0 aliphatic carbocycles. The minimum Gasteiger partial charge on any atom is -0.444 e. The first-order valence-corrected chi connectivity index (χ1v) is 9.08. The standard InChI is InChI=1S/C21H31NO3/c1-7-17-15(3)19(24-14-16-12-10-9-11-13-16)18(8-2)22(17)20(23)25-21(4,5)6/h8-13,15,17-19H,2,7,14H2,1,3-6H3/t15-,17-,18-,19+/m1/s1. The summed E-state index contributed by atoms with van der Waals surface area (Å²) in [6.45, 7) is 14.4. The molecular formula is C21H31NO3. The van der Waals surface area contributed by atoms with E-state index in [-0.39, 0.29) is 30.2 Å². The molecule has 1 aromatic rings. The molecule has 1 aromatic carbocycles. The third-order valence-electron chi connectivity index (χ3n) is 4.69. The summed E-state index contributed by atoms with van der Waals surface area (Å²) in [5.41, 5.74) is 0.606. The molecule has 2 rings (SSSR count). The Morgan fingerprint density at radius 2 is 1.92 bits per heavy atom. The Morgan fingerprint density at radius 1 is 1.28 bits per heavy atom. The number of carbonyl (C=O) groups excluding carboxylic acids is 1. The van der Waals surface area contributed by atoms with Gasteiger partial charge in [0.25, 0.3) is 0 Å². The van der Waals surface area contributed by atoms with Crippen LogP contribution in [0, 0.1) is 5.92 Å².